The fraction of sp³-hybridized carbons (Fsp3) is 0.278. The van der Waals surface area contributed by atoms with E-state index in [1.807, 2.05) is 47.4 Å². The first kappa shape index (κ1) is 15.2. The van der Waals surface area contributed by atoms with Crippen LogP contribution in [-0.4, -0.2) is 30.5 Å². The average molecular weight is 343 g/mol. The Morgan fingerprint density at radius 1 is 1.17 bits per heavy atom. The van der Waals surface area contributed by atoms with Gasteiger partial charge >= 0.3 is 0 Å². The van der Waals surface area contributed by atoms with Gasteiger partial charge in [-0.3, -0.25) is 4.79 Å². The quantitative estimate of drug-likeness (QED) is 0.853. The Labute approximate surface area is 144 Å². The first-order valence-corrected chi connectivity index (χ1v) is 8.73. The number of hydrogen-bond donors (Lipinski definition) is 0. The molecule has 0 saturated carbocycles. The molecule has 1 unspecified atom stereocenters. The topological polar surface area (TPSA) is 48.0 Å². The number of amides is 1. The molecule has 2 aromatic carbocycles. The molecular formula is C18H17NO4S. The van der Waals surface area contributed by atoms with Crippen LogP contribution in [0.1, 0.15) is 16.5 Å². The summed E-state index contributed by atoms with van der Waals surface area (Å²) in [5.74, 6) is 2.97. The van der Waals surface area contributed by atoms with Gasteiger partial charge in [-0.05, 0) is 35.4 Å². The molecule has 1 atom stereocenters. The monoisotopic (exact) mass is 343 g/mol. The second-order valence-electron chi connectivity index (χ2n) is 5.65. The summed E-state index contributed by atoms with van der Waals surface area (Å²) in [6.07, 6.45) is 0. The van der Waals surface area contributed by atoms with Gasteiger partial charge in [0, 0.05) is 6.54 Å². The molecule has 1 fully saturated rings. The van der Waals surface area contributed by atoms with Gasteiger partial charge in [0.25, 0.3) is 0 Å². The summed E-state index contributed by atoms with van der Waals surface area (Å²) < 4.78 is 16.0. The lowest BCUT2D eigenvalue weighted by Crippen LogP contribution is -2.27. The number of ether oxygens (including phenoxy) is 3. The Kier molecular flexibility index (Phi) is 3.98. The van der Waals surface area contributed by atoms with Crippen LogP contribution in [0.25, 0.3) is 0 Å². The van der Waals surface area contributed by atoms with E-state index in [0.29, 0.717) is 12.3 Å². The lowest BCUT2D eigenvalue weighted by Gasteiger charge is -2.24. The first-order chi connectivity index (χ1) is 11.7. The number of nitrogens with zero attached hydrogens (tertiary/aromatic N) is 1. The van der Waals surface area contributed by atoms with Gasteiger partial charge in [-0.2, -0.15) is 0 Å². The highest BCUT2D eigenvalue weighted by atomic mass is 32.2. The van der Waals surface area contributed by atoms with Crippen molar-refractivity contribution in [1.82, 2.24) is 4.90 Å². The van der Waals surface area contributed by atoms with Gasteiger partial charge in [-0.1, -0.05) is 18.2 Å². The van der Waals surface area contributed by atoms with Crippen LogP contribution >= 0.6 is 11.8 Å². The molecule has 0 bridgehead atoms. The maximum absolute atomic E-state index is 12.3. The van der Waals surface area contributed by atoms with Crippen molar-refractivity contribution in [3.05, 3.63) is 53.6 Å². The molecule has 2 heterocycles. The van der Waals surface area contributed by atoms with Crippen LogP contribution < -0.4 is 14.2 Å². The van der Waals surface area contributed by atoms with Crippen LogP contribution in [0, 0.1) is 0 Å². The highest BCUT2D eigenvalue weighted by molar-refractivity contribution is 8.00. The van der Waals surface area contributed by atoms with Crippen molar-refractivity contribution in [2.45, 2.75) is 11.9 Å². The van der Waals surface area contributed by atoms with Gasteiger partial charge in [0.05, 0.1) is 12.9 Å². The van der Waals surface area contributed by atoms with Crippen LogP contribution in [0.15, 0.2) is 42.5 Å². The highest BCUT2D eigenvalue weighted by Crippen LogP contribution is 2.41. The molecule has 0 aliphatic carbocycles. The largest absolute Gasteiger partial charge is 0.497 e. The van der Waals surface area contributed by atoms with E-state index in [0.717, 1.165) is 28.4 Å². The maximum Gasteiger partial charge on any atom is 0.234 e. The van der Waals surface area contributed by atoms with E-state index in [2.05, 4.69) is 0 Å². The lowest BCUT2D eigenvalue weighted by atomic mass is 10.1. The third-order valence-corrected chi connectivity index (χ3v) is 5.41. The fourth-order valence-corrected chi connectivity index (χ4v) is 4.09. The van der Waals surface area contributed by atoms with Crippen LogP contribution in [0.5, 0.6) is 17.2 Å². The first-order valence-electron chi connectivity index (χ1n) is 7.68. The summed E-state index contributed by atoms with van der Waals surface area (Å²) in [6.45, 7) is 0.810. The Balaban J connectivity index is 1.56. The molecule has 2 aliphatic rings. The minimum atomic E-state index is 0.0221. The van der Waals surface area contributed by atoms with E-state index in [1.54, 1.807) is 18.9 Å². The van der Waals surface area contributed by atoms with Crippen LogP contribution in [0.4, 0.5) is 0 Å². The highest BCUT2D eigenvalue weighted by Gasteiger charge is 2.33. The summed E-state index contributed by atoms with van der Waals surface area (Å²) in [7, 11) is 1.65. The summed E-state index contributed by atoms with van der Waals surface area (Å²) in [4.78, 5) is 14.3. The molecule has 0 N–H and O–H groups in total. The summed E-state index contributed by atoms with van der Waals surface area (Å²) in [6, 6.07) is 13.7. The number of hydrogen-bond acceptors (Lipinski definition) is 5. The SMILES string of the molecule is COc1ccc(C2SCC(=O)N2Cc2ccc3c(c2)OCO3)cc1. The smallest absolute Gasteiger partial charge is 0.234 e. The van der Waals surface area contributed by atoms with Gasteiger partial charge in [0.15, 0.2) is 11.5 Å². The molecule has 124 valence electrons. The summed E-state index contributed by atoms with van der Waals surface area (Å²) >= 11 is 1.65. The summed E-state index contributed by atoms with van der Waals surface area (Å²) in [5.41, 5.74) is 2.14. The molecule has 6 heteroatoms. The molecule has 0 spiro atoms. The lowest BCUT2D eigenvalue weighted by molar-refractivity contribution is -0.128. The zero-order valence-electron chi connectivity index (χ0n) is 13.2. The molecule has 4 rings (SSSR count). The molecule has 0 aromatic heterocycles. The zero-order chi connectivity index (χ0) is 16.5. The Hall–Kier alpha value is -2.34. The molecule has 5 nitrogen and oxygen atoms in total. The predicted molar refractivity (Wildman–Crippen MR) is 91.3 cm³/mol. The predicted octanol–water partition coefficient (Wildman–Crippen LogP) is 3.20. The third-order valence-electron chi connectivity index (χ3n) is 4.16. The second kappa shape index (κ2) is 6.28. The van der Waals surface area contributed by atoms with Crippen molar-refractivity contribution >= 4 is 17.7 Å². The molecule has 1 saturated heterocycles. The second-order valence-corrected chi connectivity index (χ2v) is 6.71. The van der Waals surface area contributed by atoms with E-state index in [1.165, 1.54) is 0 Å². The van der Waals surface area contributed by atoms with Gasteiger partial charge in [-0.15, -0.1) is 11.8 Å². The molecule has 2 aromatic rings. The van der Waals surface area contributed by atoms with Crippen molar-refractivity contribution in [3.8, 4) is 17.2 Å². The van der Waals surface area contributed by atoms with Crippen molar-refractivity contribution in [1.29, 1.82) is 0 Å². The summed E-state index contributed by atoms with van der Waals surface area (Å²) in [5, 5.41) is 0.0221. The van der Waals surface area contributed by atoms with E-state index in [-0.39, 0.29) is 18.1 Å². The molecular weight excluding hydrogens is 326 g/mol. The number of benzene rings is 2. The minimum Gasteiger partial charge on any atom is -0.497 e. The number of thioether (sulfide) groups is 1. The van der Waals surface area contributed by atoms with Crippen molar-refractivity contribution in [2.75, 3.05) is 19.7 Å². The van der Waals surface area contributed by atoms with Crippen molar-refractivity contribution < 1.29 is 19.0 Å². The maximum atomic E-state index is 12.3. The van der Waals surface area contributed by atoms with Crippen LogP contribution in [-0.2, 0) is 11.3 Å². The minimum absolute atomic E-state index is 0.0221. The number of fused-ring (bicyclic) bond motifs is 1. The van der Waals surface area contributed by atoms with Gasteiger partial charge in [0.1, 0.15) is 11.1 Å². The van der Waals surface area contributed by atoms with Gasteiger partial charge < -0.3 is 19.1 Å². The third kappa shape index (κ3) is 2.78. The number of rotatable bonds is 4. The van der Waals surface area contributed by atoms with Gasteiger partial charge in [-0.25, -0.2) is 0 Å². The number of carbonyl (C=O) groups excluding carboxylic acids is 1. The van der Waals surface area contributed by atoms with E-state index < -0.39 is 0 Å². The average Bonchev–Trinajstić information content (AvgIpc) is 3.22. The van der Waals surface area contributed by atoms with Crippen molar-refractivity contribution in [3.63, 3.8) is 0 Å². The van der Waals surface area contributed by atoms with Crippen LogP contribution in [0.3, 0.4) is 0 Å². The standard InChI is InChI=1S/C18H17NO4S/c1-21-14-5-3-13(4-6-14)18-19(17(20)10-24-18)9-12-2-7-15-16(8-12)23-11-22-15/h2-8,18H,9-11H2,1H3. The zero-order valence-corrected chi connectivity index (χ0v) is 14.0. The van der Waals surface area contributed by atoms with Crippen LogP contribution in [0.2, 0.25) is 0 Å². The van der Waals surface area contributed by atoms with E-state index >= 15 is 0 Å². The van der Waals surface area contributed by atoms with E-state index in [4.69, 9.17) is 14.2 Å². The van der Waals surface area contributed by atoms with Gasteiger partial charge in [0.2, 0.25) is 12.7 Å². The molecule has 2 aliphatic heterocycles. The number of methoxy groups -OCH3 is 1. The molecule has 0 radical (unpaired) electrons. The number of carbonyl (C=O) groups is 1. The van der Waals surface area contributed by atoms with E-state index in [9.17, 15) is 4.79 Å². The Morgan fingerprint density at radius 3 is 2.75 bits per heavy atom. The normalized spacial score (nSPS) is 19.0. The fourth-order valence-electron chi connectivity index (χ4n) is 2.91. The Bertz CT molecular complexity index is 762. The Morgan fingerprint density at radius 2 is 1.96 bits per heavy atom. The molecule has 1 amide bonds. The van der Waals surface area contributed by atoms with Crippen molar-refractivity contribution in [2.24, 2.45) is 0 Å². The molecule has 24 heavy (non-hydrogen) atoms.